The summed E-state index contributed by atoms with van der Waals surface area (Å²) in [4.78, 5) is 4.00. The number of ether oxygens (including phenoxy) is 1. The molecular weight excluding hydrogens is 245 g/mol. The van der Waals surface area contributed by atoms with Crippen molar-refractivity contribution in [3.63, 3.8) is 0 Å². The van der Waals surface area contributed by atoms with Crippen molar-refractivity contribution in [1.82, 2.24) is 4.98 Å². The van der Waals surface area contributed by atoms with Crippen molar-refractivity contribution in [2.45, 2.75) is 5.88 Å². The zero-order valence-corrected chi connectivity index (χ0v) is 9.87. The van der Waals surface area contributed by atoms with E-state index in [1.165, 1.54) is 0 Å². The van der Waals surface area contributed by atoms with Crippen LogP contribution in [0.15, 0.2) is 42.7 Å². The monoisotopic (exact) mass is 253 g/mol. The number of alkyl halides is 1. The molecule has 0 amide bonds. The fourth-order valence-corrected chi connectivity index (χ4v) is 1.59. The summed E-state index contributed by atoms with van der Waals surface area (Å²) in [5.41, 5.74) is 0.909. The van der Waals surface area contributed by atoms with Crippen LogP contribution in [0.3, 0.4) is 0 Å². The fourth-order valence-electron chi connectivity index (χ4n) is 1.24. The molecule has 1 heterocycles. The summed E-state index contributed by atoms with van der Waals surface area (Å²) in [6.07, 6.45) is 3.33. The molecule has 0 aliphatic carbocycles. The fraction of sp³-hybridized carbons (Fsp3) is 0.0833. The number of halogens is 2. The lowest BCUT2D eigenvalue weighted by molar-refractivity contribution is 0.476. The van der Waals surface area contributed by atoms with E-state index < -0.39 is 0 Å². The van der Waals surface area contributed by atoms with Crippen LogP contribution in [0.2, 0.25) is 5.02 Å². The highest BCUT2D eigenvalue weighted by molar-refractivity contribution is 6.30. The van der Waals surface area contributed by atoms with Gasteiger partial charge in [-0.3, -0.25) is 4.98 Å². The summed E-state index contributed by atoms with van der Waals surface area (Å²) < 4.78 is 5.65. The quantitative estimate of drug-likeness (QED) is 0.763. The van der Waals surface area contributed by atoms with Gasteiger partial charge in [0.1, 0.15) is 11.5 Å². The number of nitrogens with zero attached hydrogens (tertiary/aromatic N) is 1. The van der Waals surface area contributed by atoms with E-state index in [2.05, 4.69) is 4.98 Å². The van der Waals surface area contributed by atoms with E-state index in [9.17, 15) is 0 Å². The SMILES string of the molecule is ClCc1ccncc1Oc1ccc(Cl)cc1. The summed E-state index contributed by atoms with van der Waals surface area (Å²) in [7, 11) is 0. The number of benzene rings is 1. The van der Waals surface area contributed by atoms with Crippen molar-refractivity contribution in [2.24, 2.45) is 0 Å². The predicted molar refractivity (Wildman–Crippen MR) is 65.3 cm³/mol. The Bertz CT molecular complexity index is 471. The Morgan fingerprint density at radius 3 is 2.56 bits per heavy atom. The third-order valence-electron chi connectivity index (χ3n) is 2.06. The van der Waals surface area contributed by atoms with Crippen molar-refractivity contribution in [3.8, 4) is 11.5 Å². The van der Waals surface area contributed by atoms with Crippen LogP contribution in [0.25, 0.3) is 0 Å². The first-order valence-corrected chi connectivity index (χ1v) is 5.63. The first kappa shape index (κ1) is 11.2. The minimum absolute atomic E-state index is 0.394. The maximum absolute atomic E-state index is 5.79. The average molecular weight is 254 g/mol. The molecule has 1 aromatic heterocycles. The standard InChI is InChI=1S/C12H9Cl2NO/c13-7-9-5-6-15-8-12(9)16-11-3-1-10(14)2-4-11/h1-6,8H,7H2. The zero-order valence-electron chi connectivity index (χ0n) is 8.36. The molecule has 82 valence electrons. The van der Waals surface area contributed by atoms with E-state index >= 15 is 0 Å². The maximum Gasteiger partial charge on any atom is 0.150 e. The van der Waals surface area contributed by atoms with Crippen molar-refractivity contribution in [3.05, 3.63) is 53.3 Å². The van der Waals surface area contributed by atoms with Gasteiger partial charge < -0.3 is 4.74 Å². The number of hydrogen-bond acceptors (Lipinski definition) is 2. The molecule has 0 bridgehead atoms. The Hall–Kier alpha value is -1.25. The van der Waals surface area contributed by atoms with E-state index in [0.29, 0.717) is 22.4 Å². The van der Waals surface area contributed by atoms with Crippen molar-refractivity contribution in [2.75, 3.05) is 0 Å². The Balaban J connectivity index is 2.23. The molecule has 1 aromatic carbocycles. The van der Waals surface area contributed by atoms with Gasteiger partial charge in [-0.25, -0.2) is 0 Å². The highest BCUT2D eigenvalue weighted by Gasteiger charge is 2.03. The second-order valence-electron chi connectivity index (χ2n) is 3.17. The molecule has 0 aliphatic heterocycles. The van der Waals surface area contributed by atoms with Gasteiger partial charge in [0.15, 0.2) is 0 Å². The third-order valence-corrected chi connectivity index (χ3v) is 2.60. The summed E-state index contributed by atoms with van der Waals surface area (Å²) in [6, 6.07) is 8.97. The van der Waals surface area contributed by atoms with Gasteiger partial charge in [-0.05, 0) is 30.3 Å². The highest BCUT2D eigenvalue weighted by atomic mass is 35.5. The van der Waals surface area contributed by atoms with E-state index in [1.54, 1.807) is 36.7 Å². The summed E-state index contributed by atoms with van der Waals surface area (Å²) in [5.74, 6) is 1.77. The molecule has 16 heavy (non-hydrogen) atoms. The second kappa shape index (κ2) is 5.19. The van der Waals surface area contributed by atoms with E-state index in [-0.39, 0.29) is 0 Å². The Labute approximate surface area is 104 Å². The van der Waals surface area contributed by atoms with E-state index in [4.69, 9.17) is 27.9 Å². The molecule has 0 saturated carbocycles. The minimum Gasteiger partial charge on any atom is -0.455 e. The molecule has 0 radical (unpaired) electrons. The molecule has 4 heteroatoms. The van der Waals surface area contributed by atoms with Crippen LogP contribution in [0, 0.1) is 0 Å². The smallest absolute Gasteiger partial charge is 0.150 e. The molecule has 0 fully saturated rings. The Kier molecular flexibility index (Phi) is 3.65. The highest BCUT2D eigenvalue weighted by Crippen LogP contribution is 2.26. The average Bonchev–Trinajstić information content (AvgIpc) is 2.33. The van der Waals surface area contributed by atoms with Crippen LogP contribution in [0.1, 0.15) is 5.56 Å². The molecule has 2 aromatic rings. The molecule has 0 spiro atoms. The van der Waals surface area contributed by atoms with Crippen LogP contribution in [0.4, 0.5) is 0 Å². The van der Waals surface area contributed by atoms with Gasteiger partial charge in [0, 0.05) is 16.8 Å². The van der Waals surface area contributed by atoms with Gasteiger partial charge >= 0.3 is 0 Å². The summed E-state index contributed by atoms with van der Waals surface area (Å²) in [6.45, 7) is 0. The molecule has 0 unspecified atom stereocenters. The molecule has 0 saturated heterocycles. The van der Waals surface area contributed by atoms with Crippen LogP contribution < -0.4 is 4.74 Å². The van der Waals surface area contributed by atoms with Crippen LogP contribution >= 0.6 is 23.2 Å². The normalized spacial score (nSPS) is 10.1. The molecular formula is C12H9Cl2NO. The molecule has 0 N–H and O–H groups in total. The zero-order chi connectivity index (χ0) is 11.4. The lowest BCUT2D eigenvalue weighted by Crippen LogP contribution is -1.90. The van der Waals surface area contributed by atoms with Crippen LogP contribution in [-0.4, -0.2) is 4.98 Å². The van der Waals surface area contributed by atoms with Crippen LogP contribution in [0.5, 0.6) is 11.5 Å². The number of pyridine rings is 1. The lowest BCUT2D eigenvalue weighted by atomic mass is 10.3. The van der Waals surface area contributed by atoms with Gasteiger partial charge in [0.2, 0.25) is 0 Å². The van der Waals surface area contributed by atoms with E-state index in [0.717, 1.165) is 5.56 Å². The Morgan fingerprint density at radius 2 is 1.88 bits per heavy atom. The summed E-state index contributed by atoms with van der Waals surface area (Å²) in [5, 5.41) is 0.677. The number of hydrogen-bond donors (Lipinski definition) is 0. The number of rotatable bonds is 3. The maximum atomic E-state index is 5.79. The molecule has 0 atom stereocenters. The number of aromatic nitrogens is 1. The molecule has 0 aliphatic rings. The first-order valence-electron chi connectivity index (χ1n) is 4.72. The minimum atomic E-state index is 0.394. The predicted octanol–water partition coefficient (Wildman–Crippen LogP) is 4.27. The van der Waals surface area contributed by atoms with Crippen molar-refractivity contribution >= 4 is 23.2 Å². The van der Waals surface area contributed by atoms with Gasteiger partial charge in [-0.15, -0.1) is 11.6 Å². The van der Waals surface area contributed by atoms with Crippen molar-refractivity contribution < 1.29 is 4.74 Å². The Morgan fingerprint density at radius 1 is 1.12 bits per heavy atom. The van der Waals surface area contributed by atoms with Gasteiger partial charge in [-0.2, -0.15) is 0 Å². The van der Waals surface area contributed by atoms with Gasteiger partial charge in [-0.1, -0.05) is 11.6 Å². The molecule has 2 nitrogen and oxygen atoms in total. The van der Waals surface area contributed by atoms with Gasteiger partial charge in [0.05, 0.1) is 12.1 Å². The van der Waals surface area contributed by atoms with E-state index in [1.807, 2.05) is 6.07 Å². The van der Waals surface area contributed by atoms with Crippen LogP contribution in [-0.2, 0) is 5.88 Å². The van der Waals surface area contributed by atoms with Crippen molar-refractivity contribution in [1.29, 1.82) is 0 Å². The van der Waals surface area contributed by atoms with Gasteiger partial charge in [0.25, 0.3) is 0 Å². The topological polar surface area (TPSA) is 22.1 Å². The summed E-state index contributed by atoms with van der Waals surface area (Å²) >= 11 is 11.6. The second-order valence-corrected chi connectivity index (χ2v) is 3.88. The first-order chi connectivity index (χ1) is 7.79. The molecule has 2 rings (SSSR count). The third kappa shape index (κ3) is 2.65. The lowest BCUT2D eigenvalue weighted by Gasteiger charge is -2.08. The largest absolute Gasteiger partial charge is 0.455 e.